The summed E-state index contributed by atoms with van der Waals surface area (Å²) >= 11 is 5.22. The number of benzene rings is 1. The third-order valence-electron chi connectivity index (χ3n) is 5.67. The predicted octanol–water partition coefficient (Wildman–Crippen LogP) is 3.82. The minimum atomic E-state index is 0.0633. The van der Waals surface area contributed by atoms with Gasteiger partial charge in [0.15, 0.2) is 4.77 Å². The monoisotopic (exact) mass is 386 g/mol. The van der Waals surface area contributed by atoms with Crippen LogP contribution in [0, 0.1) is 4.77 Å². The Balaban J connectivity index is 1.47. The first-order valence-electron chi connectivity index (χ1n) is 9.79. The molecule has 1 saturated heterocycles. The molecule has 1 aliphatic heterocycles. The van der Waals surface area contributed by atoms with Gasteiger partial charge >= 0.3 is 0 Å². The molecule has 1 aromatic heterocycles. The van der Waals surface area contributed by atoms with Crippen molar-refractivity contribution in [2.75, 3.05) is 13.1 Å². The Morgan fingerprint density at radius 2 is 2.07 bits per heavy atom. The topological polar surface area (TPSA) is 63.1 Å². The number of nitrogens with zero attached hydrogens (tertiary/aromatic N) is 3. The van der Waals surface area contributed by atoms with Crippen molar-refractivity contribution >= 4 is 18.1 Å². The Hall–Kier alpha value is -2.15. The lowest BCUT2D eigenvalue weighted by molar-refractivity contribution is 0.0702. The molecule has 6 nitrogen and oxygen atoms in total. The second-order valence-corrected chi connectivity index (χ2v) is 7.98. The third kappa shape index (κ3) is 3.93. The average Bonchev–Trinajstić information content (AvgIpc) is 3.32. The minimum Gasteiger partial charge on any atom is -0.490 e. The van der Waals surface area contributed by atoms with Gasteiger partial charge < -0.3 is 14.2 Å². The van der Waals surface area contributed by atoms with Crippen LogP contribution in [0.4, 0.5) is 0 Å². The van der Waals surface area contributed by atoms with E-state index >= 15 is 0 Å². The Kier molecular flexibility index (Phi) is 5.29. The molecule has 1 N–H and O–H groups in total. The lowest BCUT2D eigenvalue weighted by Crippen LogP contribution is -2.39. The molecule has 2 aromatic rings. The van der Waals surface area contributed by atoms with E-state index in [1.807, 2.05) is 40.8 Å². The summed E-state index contributed by atoms with van der Waals surface area (Å²) < 4.78 is 8.59. The second kappa shape index (κ2) is 7.84. The van der Waals surface area contributed by atoms with Gasteiger partial charge in [-0.3, -0.25) is 9.89 Å². The van der Waals surface area contributed by atoms with Crippen LogP contribution in [0.25, 0.3) is 0 Å². The third-order valence-corrected chi connectivity index (χ3v) is 6.04. The van der Waals surface area contributed by atoms with Crippen molar-refractivity contribution in [2.24, 2.45) is 7.05 Å². The van der Waals surface area contributed by atoms with Crippen molar-refractivity contribution in [1.82, 2.24) is 19.7 Å². The summed E-state index contributed by atoms with van der Waals surface area (Å²) in [5.74, 6) is 2.00. The van der Waals surface area contributed by atoms with E-state index in [1.54, 1.807) is 0 Å². The number of ether oxygens (including phenoxy) is 1. The maximum Gasteiger partial charge on any atom is 0.254 e. The Labute approximate surface area is 164 Å². The highest BCUT2D eigenvalue weighted by atomic mass is 32.1. The first-order valence-corrected chi connectivity index (χ1v) is 10.2. The molecular weight excluding hydrogens is 360 g/mol. The zero-order valence-electron chi connectivity index (χ0n) is 15.7. The van der Waals surface area contributed by atoms with E-state index in [-0.39, 0.29) is 11.8 Å². The molecule has 7 heteroatoms. The van der Waals surface area contributed by atoms with Crippen molar-refractivity contribution in [1.29, 1.82) is 0 Å². The highest BCUT2D eigenvalue weighted by Crippen LogP contribution is 2.28. The quantitative estimate of drug-likeness (QED) is 0.812. The SMILES string of the molecule is Cn1c(C2CCCN(C(=O)c3cccc(OC4CCCC4)c3)C2)n[nH]c1=S. The van der Waals surface area contributed by atoms with Crippen molar-refractivity contribution in [3.8, 4) is 5.75 Å². The van der Waals surface area contributed by atoms with E-state index < -0.39 is 0 Å². The number of aromatic nitrogens is 3. The lowest BCUT2D eigenvalue weighted by atomic mass is 9.96. The number of amides is 1. The van der Waals surface area contributed by atoms with Crippen LogP contribution in [-0.2, 0) is 7.05 Å². The van der Waals surface area contributed by atoms with E-state index in [0.717, 1.165) is 43.8 Å². The molecule has 2 aliphatic rings. The molecule has 2 heterocycles. The molecule has 144 valence electrons. The fourth-order valence-corrected chi connectivity index (χ4v) is 4.32. The number of nitrogens with one attached hydrogen (secondary N) is 1. The lowest BCUT2D eigenvalue weighted by Gasteiger charge is -2.32. The summed E-state index contributed by atoms with van der Waals surface area (Å²) in [5, 5.41) is 7.21. The summed E-state index contributed by atoms with van der Waals surface area (Å²) in [6, 6.07) is 7.63. The van der Waals surface area contributed by atoms with Gasteiger partial charge in [0.25, 0.3) is 5.91 Å². The molecule has 2 fully saturated rings. The molecule has 27 heavy (non-hydrogen) atoms. The van der Waals surface area contributed by atoms with Crippen LogP contribution in [0.5, 0.6) is 5.75 Å². The van der Waals surface area contributed by atoms with E-state index in [0.29, 0.717) is 23.0 Å². The number of aromatic amines is 1. The zero-order chi connectivity index (χ0) is 18.8. The molecule has 1 saturated carbocycles. The van der Waals surface area contributed by atoms with E-state index in [4.69, 9.17) is 17.0 Å². The van der Waals surface area contributed by atoms with E-state index in [1.165, 1.54) is 12.8 Å². The number of carbonyl (C=O) groups excluding carboxylic acids is 1. The summed E-state index contributed by atoms with van der Waals surface area (Å²) in [5.41, 5.74) is 0.696. The van der Waals surface area contributed by atoms with Crippen LogP contribution in [0.15, 0.2) is 24.3 Å². The van der Waals surface area contributed by atoms with Gasteiger partial charge in [0, 0.05) is 31.6 Å². The van der Waals surface area contributed by atoms with Crippen LogP contribution in [0.2, 0.25) is 0 Å². The molecule has 0 spiro atoms. The molecule has 1 atom stereocenters. The van der Waals surface area contributed by atoms with E-state index in [2.05, 4.69) is 10.2 Å². The van der Waals surface area contributed by atoms with Gasteiger partial charge in [0.2, 0.25) is 0 Å². The molecular formula is C20H26N4O2S. The van der Waals surface area contributed by atoms with Gasteiger partial charge in [0.1, 0.15) is 11.6 Å². The normalized spacial score (nSPS) is 20.8. The molecule has 1 aromatic carbocycles. The number of H-pyrrole nitrogens is 1. The first kappa shape index (κ1) is 18.2. The van der Waals surface area contributed by atoms with Crippen LogP contribution < -0.4 is 4.74 Å². The van der Waals surface area contributed by atoms with Gasteiger partial charge in [-0.05, 0) is 68.9 Å². The van der Waals surface area contributed by atoms with Crippen LogP contribution >= 0.6 is 12.2 Å². The van der Waals surface area contributed by atoms with Crippen molar-refractivity contribution in [3.63, 3.8) is 0 Å². The van der Waals surface area contributed by atoms with Gasteiger partial charge in [-0.15, -0.1) is 0 Å². The molecule has 4 rings (SSSR count). The van der Waals surface area contributed by atoms with E-state index in [9.17, 15) is 4.79 Å². The predicted molar refractivity (Wildman–Crippen MR) is 106 cm³/mol. The summed E-state index contributed by atoms with van der Waals surface area (Å²) in [4.78, 5) is 15.0. The standard InChI is InChI=1S/C20H26N4O2S/c1-23-18(21-22-20(23)27)15-7-5-11-24(13-15)19(25)14-6-4-10-17(12-14)26-16-8-2-3-9-16/h4,6,10,12,15-16H,2-3,5,7-9,11,13H2,1H3,(H,22,27). The fourth-order valence-electron chi connectivity index (χ4n) is 4.18. The Morgan fingerprint density at radius 3 is 2.81 bits per heavy atom. The fraction of sp³-hybridized carbons (Fsp3) is 0.550. The van der Waals surface area contributed by atoms with Crippen LogP contribution in [0.3, 0.4) is 0 Å². The summed E-state index contributed by atoms with van der Waals surface area (Å²) in [7, 11) is 1.92. The van der Waals surface area contributed by atoms with Gasteiger partial charge in [-0.2, -0.15) is 5.10 Å². The van der Waals surface area contributed by atoms with Crippen LogP contribution in [-0.4, -0.2) is 44.8 Å². The Morgan fingerprint density at radius 1 is 1.26 bits per heavy atom. The van der Waals surface area contributed by atoms with Crippen LogP contribution in [0.1, 0.15) is 60.6 Å². The van der Waals surface area contributed by atoms with Crippen molar-refractivity contribution in [2.45, 2.75) is 50.5 Å². The number of piperidine rings is 1. The van der Waals surface area contributed by atoms with Gasteiger partial charge in [-0.1, -0.05) is 6.07 Å². The minimum absolute atomic E-state index is 0.0633. The number of hydrogen-bond acceptors (Lipinski definition) is 4. The number of carbonyl (C=O) groups is 1. The highest BCUT2D eigenvalue weighted by Gasteiger charge is 2.28. The Bertz CT molecular complexity index is 869. The van der Waals surface area contributed by atoms with Gasteiger partial charge in [-0.25, -0.2) is 0 Å². The van der Waals surface area contributed by atoms with Crippen molar-refractivity contribution < 1.29 is 9.53 Å². The van der Waals surface area contributed by atoms with Gasteiger partial charge in [0.05, 0.1) is 6.10 Å². The largest absolute Gasteiger partial charge is 0.490 e. The number of rotatable bonds is 4. The molecule has 0 radical (unpaired) electrons. The maximum absolute atomic E-state index is 13.1. The average molecular weight is 387 g/mol. The molecule has 1 aliphatic carbocycles. The second-order valence-electron chi connectivity index (χ2n) is 7.59. The highest BCUT2D eigenvalue weighted by molar-refractivity contribution is 7.71. The summed E-state index contributed by atoms with van der Waals surface area (Å²) in [6.45, 7) is 1.44. The molecule has 1 unspecified atom stereocenters. The number of likely N-dealkylation sites (tertiary alicyclic amines) is 1. The summed E-state index contributed by atoms with van der Waals surface area (Å²) in [6.07, 6.45) is 6.96. The zero-order valence-corrected chi connectivity index (χ0v) is 16.5. The molecule has 0 bridgehead atoms. The first-order chi connectivity index (χ1) is 13.1. The smallest absolute Gasteiger partial charge is 0.254 e. The molecule has 1 amide bonds. The van der Waals surface area contributed by atoms with Crippen molar-refractivity contribution in [3.05, 3.63) is 40.4 Å². The maximum atomic E-state index is 13.1. The number of hydrogen-bond donors (Lipinski definition) is 1.